The molecule has 5 nitrogen and oxygen atoms in total. The predicted octanol–water partition coefficient (Wildman–Crippen LogP) is 1.71. The van der Waals surface area contributed by atoms with Gasteiger partial charge < -0.3 is 4.57 Å². The molecular formula is C15H10N4O. The number of para-hydroxylation sites is 2. The van der Waals surface area contributed by atoms with Gasteiger partial charge in [0.05, 0.1) is 23.8 Å². The van der Waals surface area contributed by atoms with E-state index in [2.05, 4.69) is 9.97 Å². The summed E-state index contributed by atoms with van der Waals surface area (Å²) in [4.78, 5) is 20.2. The van der Waals surface area contributed by atoms with Crippen LogP contribution < -0.4 is 5.56 Å². The highest BCUT2D eigenvalue weighted by Crippen LogP contribution is 2.12. The fourth-order valence-corrected chi connectivity index (χ4v) is 2.12. The lowest BCUT2D eigenvalue weighted by Crippen LogP contribution is -2.21. The third-order valence-electron chi connectivity index (χ3n) is 3.08. The molecule has 0 spiro atoms. The number of pyridine rings is 1. The van der Waals surface area contributed by atoms with E-state index in [0.717, 1.165) is 11.0 Å². The Bertz CT molecular complexity index is 877. The summed E-state index contributed by atoms with van der Waals surface area (Å²) < 4.78 is 1.60. The maximum absolute atomic E-state index is 12.0. The van der Waals surface area contributed by atoms with Crippen molar-refractivity contribution in [3.05, 3.63) is 70.4 Å². The Morgan fingerprint density at radius 1 is 1.15 bits per heavy atom. The van der Waals surface area contributed by atoms with Crippen LogP contribution in [0.4, 0.5) is 0 Å². The van der Waals surface area contributed by atoms with Crippen molar-refractivity contribution >= 4 is 11.0 Å². The normalized spacial score (nSPS) is 10.3. The Balaban J connectivity index is 2.18. The van der Waals surface area contributed by atoms with Crippen LogP contribution in [0.1, 0.15) is 11.3 Å². The summed E-state index contributed by atoms with van der Waals surface area (Å²) in [5, 5.41) is 9.07. The summed E-state index contributed by atoms with van der Waals surface area (Å²) in [6.45, 7) is 0.304. The van der Waals surface area contributed by atoms with Gasteiger partial charge >= 0.3 is 0 Å². The number of hydrogen-bond acceptors (Lipinski definition) is 4. The lowest BCUT2D eigenvalue weighted by atomic mass is 10.2. The third-order valence-corrected chi connectivity index (χ3v) is 3.08. The van der Waals surface area contributed by atoms with Gasteiger partial charge in [-0.25, -0.2) is 9.97 Å². The maximum atomic E-state index is 12.0. The van der Waals surface area contributed by atoms with E-state index in [-0.39, 0.29) is 5.56 Å². The Morgan fingerprint density at radius 2 is 2.00 bits per heavy atom. The molecule has 2 aromatic heterocycles. The Kier molecular flexibility index (Phi) is 2.98. The van der Waals surface area contributed by atoms with Crippen LogP contribution in [0.3, 0.4) is 0 Å². The number of nitriles is 1. The van der Waals surface area contributed by atoms with E-state index in [1.165, 1.54) is 6.20 Å². The zero-order chi connectivity index (χ0) is 13.9. The maximum Gasteiger partial charge on any atom is 0.269 e. The van der Waals surface area contributed by atoms with Crippen molar-refractivity contribution < 1.29 is 0 Å². The van der Waals surface area contributed by atoms with Gasteiger partial charge in [-0.15, -0.1) is 0 Å². The molecule has 0 saturated heterocycles. The Hall–Kier alpha value is -3.00. The van der Waals surface area contributed by atoms with Gasteiger partial charge in [0.15, 0.2) is 0 Å². The quantitative estimate of drug-likeness (QED) is 0.704. The monoisotopic (exact) mass is 262 g/mol. The topological polar surface area (TPSA) is 71.6 Å². The van der Waals surface area contributed by atoms with Crippen LogP contribution >= 0.6 is 0 Å². The standard InChI is InChI=1S/C15H10N4O/c16-8-13-11(4-3-7-17-13)10-19-14-6-2-1-5-12(14)18-9-15(19)20/h1-7,9H,10H2. The molecule has 0 saturated carbocycles. The van der Waals surface area contributed by atoms with E-state index in [0.29, 0.717) is 17.8 Å². The molecule has 2 heterocycles. The molecule has 5 heteroatoms. The zero-order valence-corrected chi connectivity index (χ0v) is 10.5. The van der Waals surface area contributed by atoms with E-state index in [9.17, 15) is 4.79 Å². The second-order valence-electron chi connectivity index (χ2n) is 4.29. The SMILES string of the molecule is N#Cc1ncccc1Cn1c(=O)cnc2ccccc21. The number of rotatable bonds is 2. The van der Waals surface area contributed by atoms with Crippen LogP contribution in [0.25, 0.3) is 11.0 Å². The summed E-state index contributed by atoms with van der Waals surface area (Å²) in [6, 6.07) is 13.0. The molecule has 0 unspecified atom stereocenters. The number of aromatic nitrogens is 3. The van der Waals surface area contributed by atoms with Gasteiger partial charge in [-0.2, -0.15) is 5.26 Å². The predicted molar refractivity (Wildman–Crippen MR) is 74.1 cm³/mol. The van der Waals surface area contributed by atoms with Gasteiger partial charge in [0.25, 0.3) is 5.56 Å². The highest BCUT2D eigenvalue weighted by atomic mass is 16.1. The average molecular weight is 262 g/mol. The van der Waals surface area contributed by atoms with E-state index in [1.54, 1.807) is 22.9 Å². The molecule has 0 atom stereocenters. The van der Waals surface area contributed by atoms with Crippen molar-refractivity contribution in [1.29, 1.82) is 5.26 Å². The Labute approximate surface area is 114 Å². The molecule has 0 bridgehead atoms. The first kappa shape index (κ1) is 12.1. The van der Waals surface area contributed by atoms with Crippen LogP contribution in [0.2, 0.25) is 0 Å². The highest BCUT2D eigenvalue weighted by molar-refractivity contribution is 5.74. The third kappa shape index (κ3) is 2.04. The largest absolute Gasteiger partial charge is 0.301 e. The molecule has 0 amide bonds. The summed E-state index contributed by atoms with van der Waals surface area (Å²) >= 11 is 0. The summed E-state index contributed by atoms with van der Waals surface area (Å²) in [5.74, 6) is 0. The molecule has 3 rings (SSSR count). The van der Waals surface area contributed by atoms with Crippen LogP contribution in [0, 0.1) is 11.3 Å². The molecule has 0 radical (unpaired) electrons. The molecule has 0 aliphatic carbocycles. The van der Waals surface area contributed by atoms with Crippen molar-refractivity contribution in [2.45, 2.75) is 6.54 Å². The summed E-state index contributed by atoms with van der Waals surface area (Å²) in [7, 11) is 0. The second kappa shape index (κ2) is 4.94. The molecule has 0 N–H and O–H groups in total. The van der Waals surface area contributed by atoms with Crippen molar-refractivity contribution in [1.82, 2.24) is 14.5 Å². The highest BCUT2D eigenvalue weighted by Gasteiger charge is 2.08. The number of fused-ring (bicyclic) bond motifs is 1. The van der Waals surface area contributed by atoms with Gasteiger partial charge in [-0.05, 0) is 18.2 Å². The minimum Gasteiger partial charge on any atom is -0.301 e. The molecule has 96 valence electrons. The first-order valence-electron chi connectivity index (χ1n) is 6.08. The zero-order valence-electron chi connectivity index (χ0n) is 10.5. The lowest BCUT2D eigenvalue weighted by molar-refractivity contribution is 0.780. The average Bonchev–Trinajstić information content (AvgIpc) is 2.50. The Morgan fingerprint density at radius 3 is 2.85 bits per heavy atom. The molecule has 0 aliphatic heterocycles. The van der Waals surface area contributed by atoms with Gasteiger partial charge in [0, 0.05) is 11.8 Å². The van der Waals surface area contributed by atoms with Crippen molar-refractivity contribution in [3.8, 4) is 6.07 Å². The summed E-state index contributed by atoms with van der Waals surface area (Å²) in [6.07, 6.45) is 2.86. The fourth-order valence-electron chi connectivity index (χ4n) is 2.12. The van der Waals surface area contributed by atoms with E-state index >= 15 is 0 Å². The minimum absolute atomic E-state index is 0.198. The lowest BCUT2D eigenvalue weighted by Gasteiger charge is -2.09. The van der Waals surface area contributed by atoms with Gasteiger partial charge in [0.1, 0.15) is 11.8 Å². The van der Waals surface area contributed by atoms with E-state index in [4.69, 9.17) is 5.26 Å². The molecular weight excluding hydrogens is 252 g/mol. The van der Waals surface area contributed by atoms with Gasteiger partial charge in [0.2, 0.25) is 0 Å². The van der Waals surface area contributed by atoms with Gasteiger partial charge in [-0.3, -0.25) is 4.79 Å². The van der Waals surface area contributed by atoms with Crippen molar-refractivity contribution in [3.63, 3.8) is 0 Å². The summed E-state index contributed by atoms with van der Waals surface area (Å²) in [5.41, 5.74) is 2.34. The number of benzene rings is 1. The van der Waals surface area contributed by atoms with Crippen LogP contribution in [-0.4, -0.2) is 14.5 Å². The second-order valence-corrected chi connectivity index (χ2v) is 4.29. The number of hydrogen-bond donors (Lipinski definition) is 0. The van der Waals surface area contributed by atoms with Gasteiger partial charge in [-0.1, -0.05) is 18.2 Å². The van der Waals surface area contributed by atoms with Crippen LogP contribution in [-0.2, 0) is 6.54 Å². The molecule has 20 heavy (non-hydrogen) atoms. The molecule has 1 aromatic carbocycles. The first-order chi connectivity index (χ1) is 9.79. The smallest absolute Gasteiger partial charge is 0.269 e. The molecule has 0 aliphatic rings. The van der Waals surface area contributed by atoms with Crippen molar-refractivity contribution in [2.24, 2.45) is 0 Å². The van der Waals surface area contributed by atoms with E-state index < -0.39 is 0 Å². The number of nitrogens with zero attached hydrogens (tertiary/aromatic N) is 4. The first-order valence-corrected chi connectivity index (χ1v) is 6.08. The minimum atomic E-state index is -0.198. The van der Waals surface area contributed by atoms with Crippen LogP contribution in [0.5, 0.6) is 0 Å². The molecule has 3 aromatic rings. The van der Waals surface area contributed by atoms with Crippen molar-refractivity contribution in [2.75, 3.05) is 0 Å². The van der Waals surface area contributed by atoms with Crippen LogP contribution in [0.15, 0.2) is 53.6 Å². The molecule has 0 fully saturated rings. The fraction of sp³-hybridized carbons (Fsp3) is 0.0667. The van der Waals surface area contributed by atoms with E-state index in [1.807, 2.05) is 30.3 Å².